The number of hydrogen-bond donors (Lipinski definition) is 1. The number of rotatable bonds is 14. The molecule has 0 spiro atoms. The average molecular weight is 722 g/mol. The molecule has 10 nitrogen and oxygen atoms in total. The van der Waals surface area contributed by atoms with Crippen LogP contribution < -0.4 is 23.8 Å². The van der Waals surface area contributed by atoms with Crippen molar-refractivity contribution >= 4 is 39.1 Å². The molecule has 1 atom stereocenters. The lowest BCUT2D eigenvalue weighted by molar-refractivity contribution is -0.140. The number of carbonyl (C=O) groups is 2. The van der Waals surface area contributed by atoms with Gasteiger partial charge in [-0.25, -0.2) is 8.42 Å². The molecule has 4 aromatic carbocycles. The maximum atomic E-state index is 14.8. The highest BCUT2D eigenvalue weighted by Gasteiger charge is 2.37. The van der Waals surface area contributed by atoms with Crippen LogP contribution in [-0.2, 0) is 32.6 Å². The van der Waals surface area contributed by atoms with Crippen molar-refractivity contribution in [2.45, 2.75) is 57.1 Å². The van der Waals surface area contributed by atoms with Crippen LogP contribution in [0.2, 0.25) is 5.02 Å². The summed E-state index contributed by atoms with van der Waals surface area (Å²) in [6, 6.07) is 24.6. The number of ether oxygens (including phenoxy) is 3. The van der Waals surface area contributed by atoms with Gasteiger partial charge in [-0.1, -0.05) is 71.8 Å². The number of aryl methyl sites for hydroxylation is 1. The number of hydrogen-bond acceptors (Lipinski definition) is 7. The number of anilines is 1. The topological polar surface area (TPSA) is 114 Å². The van der Waals surface area contributed by atoms with Crippen molar-refractivity contribution in [1.82, 2.24) is 10.2 Å². The van der Waals surface area contributed by atoms with Gasteiger partial charge in [0.05, 0.1) is 31.9 Å². The highest BCUT2D eigenvalue weighted by atomic mass is 35.5. The Kier molecular flexibility index (Phi) is 12.4. The first-order valence-electron chi connectivity index (χ1n) is 16.0. The van der Waals surface area contributed by atoms with Crippen molar-refractivity contribution in [2.24, 2.45) is 0 Å². The third-order valence-electron chi connectivity index (χ3n) is 7.87. The van der Waals surface area contributed by atoms with Crippen LogP contribution in [0.4, 0.5) is 5.69 Å². The van der Waals surface area contributed by atoms with Gasteiger partial charge in [0.25, 0.3) is 10.0 Å². The number of nitrogens with one attached hydrogen (secondary N) is 1. The number of nitrogens with zero attached hydrogens (tertiary/aromatic N) is 2. The van der Waals surface area contributed by atoms with Gasteiger partial charge in [0.1, 0.15) is 18.3 Å². The fourth-order valence-electron chi connectivity index (χ4n) is 5.37. The average Bonchev–Trinajstić information content (AvgIpc) is 3.08. The van der Waals surface area contributed by atoms with E-state index in [0.29, 0.717) is 5.75 Å². The number of methoxy groups -OCH3 is 3. The maximum Gasteiger partial charge on any atom is 0.265 e. The minimum Gasteiger partial charge on any atom is -0.495 e. The van der Waals surface area contributed by atoms with E-state index in [2.05, 4.69) is 5.32 Å². The van der Waals surface area contributed by atoms with Crippen molar-refractivity contribution in [1.29, 1.82) is 0 Å². The van der Waals surface area contributed by atoms with Crippen LogP contribution in [0, 0.1) is 6.92 Å². The predicted octanol–water partition coefficient (Wildman–Crippen LogP) is 6.42. The predicted molar refractivity (Wildman–Crippen MR) is 196 cm³/mol. The Morgan fingerprint density at radius 1 is 0.800 bits per heavy atom. The molecule has 1 N–H and O–H groups in total. The molecule has 0 aromatic heterocycles. The molecule has 4 rings (SSSR count). The molecule has 0 saturated heterocycles. The van der Waals surface area contributed by atoms with E-state index < -0.39 is 34.1 Å². The van der Waals surface area contributed by atoms with Gasteiger partial charge in [-0.05, 0) is 69.2 Å². The Morgan fingerprint density at radius 2 is 1.42 bits per heavy atom. The lowest BCUT2D eigenvalue weighted by atomic mass is 10.0. The molecule has 0 bridgehead atoms. The minimum atomic E-state index is -4.49. The van der Waals surface area contributed by atoms with E-state index >= 15 is 0 Å². The Balaban J connectivity index is 1.89. The zero-order valence-electron chi connectivity index (χ0n) is 29.4. The fourth-order valence-corrected chi connectivity index (χ4v) is 6.97. The summed E-state index contributed by atoms with van der Waals surface area (Å²) in [7, 11) is -0.256. The Bertz CT molecular complexity index is 1900. The zero-order valence-corrected chi connectivity index (χ0v) is 31.0. The Morgan fingerprint density at radius 3 is 2.02 bits per heavy atom. The molecule has 4 aromatic rings. The van der Waals surface area contributed by atoms with Gasteiger partial charge in [0, 0.05) is 29.6 Å². The van der Waals surface area contributed by atoms with E-state index in [0.717, 1.165) is 21.0 Å². The zero-order chi connectivity index (χ0) is 36.6. The Labute approximate surface area is 300 Å². The summed E-state index contributed by atoms with van der Waals surface area (Å²) in [5.74, 6) is -0.325. The fraction of sp³-hybridized carbons (Fsp3) is 0.316. The van der Waals surface area contributed by atoms with Crippen LogP contribution in [0.15, 0.2) is 95.9 Å². The molecule has 0 unspecified atom stereocenters. The van der Waals surface area contributed by atoms with E-state index in [1.54, 1.807) is 6.07 Å². The van der Waals surface area contributed by atoms with E-state index in [1.165, 1.54) is 56.6 Å². The maximum absolute atomic E-state index is 14.8. The molecule has 0 aliphatic rings. The van der Waals surface area contributed by atoms with Gasteiger partial charge in [0.2, 0.25) is 11.8 Å². The van der Waals surface area contributed by atoms with Crippen molar-refractivity contribution in [3.63, 3.8) is 0 Å². The first-order chi connectivity index (χ1) is 23.7. The summed E-state index contributed by atoms with van der Waals surface area (Å²) in [6.07, 6.45) is 0.184. The van der Waals surface area contributed by atoms with Gasteiger partial charge in [0.15, 0.2) is 11.5 Å². The van der Waals surface area contributed by atoms with Crippen LogP contribution >= 0.6 is 11.6 Å². The summed E-state index contributed by atoms with van der Waals surface area (Å²) >= 11 is 6.40. The molecule has 0 fully saturated rings. The molecule has 0 aliphatic heterocycles. The van der Waals surface area contributed by atoms with Gasteiger partial charge in [-0.3, -0.25) is 13.9 Å². The number of carbonyl (C=O) groups excluding carboxylic acids is 2. The number of sulfonamides is 1. The van der Waals surface area contributed by atoms with Gasteiger partial charge in [-0.2, -0.15) is 0 Å². The molecule has 0 radical (unpaired) electrons. The molecule has 12 heteroatoms. The minimum absolute atomic E-state index is 0.0328. The van der Waals surface area contributed by atoms with Crippen LogP contribution in [-0.4, -0.2) is 64.6 Å². The van der Waals surface area contributed by atoms with Crippen molar-refractivity contribution in [2.75, 3.05) is 32.2 Å². The van der Waals surface area contributed by atoms with Crippen molar-refractivity contribution in [3.05, 3.63) is 113 Å². The van der Waals surface area contributed by atoms with Gasteiger partial charge < -0.3 is 24.4 Å². The van der Waals surface area contributed by atoms with Crippen LogP contribution in [0.25, 0.3) is 0 Å². The SMILES string of the molecule is COc1ccc(S(=O)(=O)N(CC(=O)N(Cc2ccc(C)cc2)[C@H](Cc2ccccc2)C(=O)NC(C)(C)C)c2cc(Cl)ccc2OC)cc1OC. The molecule has 0 saturated carbocycles. The number of amides is 2. The number of benzene rings is 4. The summed E-state index contributed by atoms with van der Waals surface area (Å²) < 4.78 is 46.4. The van der Waals surface area contributed by atoms with E-state index in [-0.39, 0.29) is 46.0 Å². The summed E-state index contributed by atoms with van der Waals surface area (Å²) in [6.45, 7) is 6.88. The lowest BCUT2D eigenvalue weighted by Crippen LogP contribution is -2.56. The van der Waals surface area contributed by atoms with Crippen molar-refractivity contribution in [3.8, 4) is 17.2 Å². The molecule has 0 heterocycles. The van der Waals surface area contributed by atoms with Crippen molar-refractivity contribution < 1.29 is 32.2 Å². The molecular weight excluding hydrogens is 678 g/mol. The number of halogens is 1. The summed E-state index contributed by atoms with van der Waals surface area (Å²) in [4.78, 5) is 30.2. The summed E-state index contributed by atoms with van der Waals surface area (Å²) in [5, 5.41) is 3.26. The highest BCUT2D eigenvalue weighted by Crippen LogP contribution is 2.37. The smallest absolute Gasteiger partial charge is 0.265 e. The first-order valence-corrected chi connectivity index (χ1v) is 17.8. The third-order valence-corrected chi connectivity index (χ3v) is 9.87. The second-order valence-corrected chi connectivity index (χ2v) is 15.1. The third kappa shape index (κ3) is 9.48. The van der Waals surface area contributed by atoms with Gasteiger partial charge in [-0.15, -0.1) is 0 Å². The molecular formula is C38H44ClN3O7S. The van der Waals surface area contributed by atoms with Gasteiger partial charge >= 0.3 is 0 Å². The van der Waals surface area contributed by atoms with Crippen LogP contribution in [0.1, 0.15) is 37.5 Å². The lowest BCUT2D eigenvalue weighted by Gasteiger charge is -2.35. The van der Waals surface area contributed by atoms with Crippen LogP contribution in [0.3, 0.4) is 0 Å². The second-order valence-electron chi connectivity index (χ2n) is 12.8. The first kappa shape index (κ1) is 38.1. The highest BCUT2D eigenvalue weighted by molar-refractivity contribution is 7.92. The van der Waals surface area contributed by atoms with E-state index in [1.807, 2.05) is 82.3 Å². The van der Waals surface area contributed by atoms with Crippen LogP contribution in [0.5, 0.6) is 17.2 Å². The largest absolute Gasteiger partial charge is 0.495 e. The normalized spacial score (nSPS) is 12.1. The molecule has 0 aliphatic carbocycles. The molecule has 2 amide bonds. The van der Waals surface area contributed by atoms with E-state index in [4.69, 9.17) is 25.8 Å². The molecule has 266 valence electrons. The summed E-state index contributed by atoms with van der Waals surface area (Å²) in [5.41, 5.74) is 2.05. The quantitative estimate of drug-likeness (QED) is 0.160. The standard InChI is InChI=1S/C38H44ClN3O7S/c1-26-13-15-28(16-14-26)24-41(32(37(44)40-38(2,3)4)21-27-11-9-8-10-12-27)36(43)25-42(31-22-29(39)17-19-33(31)47-5)50(45,46)30-18-20-34(48-6)35(23-30)49-7/h8-20,22-23,32H,21,24-25H2,1-7H3,(H,40,44)/t32-/m1/s1. The molecule has 50 heavy (non-hydrogen) atoms. The Hall–Kier alpha value is -4.74. The second kappa shape index (κ2) is 16.3. The monoisotopic (exact) mass is 721 g/mol. The van der Waals surface area contributed by atoms with E-state index in [9.17, 15) is 18.0 Å².